The third-order valence-electron chi connectivity index (χ3n) is 5.00. The van der Waals surface area contributed by atoms with Gasteiger partial charge in [-0.3, -0.25) is 4.79 Å². The molecular formula is C26H31NO4. The zero-order chi connectivity index (χ0) is 22.3. The fourth-order valence-corrected chi connectivity index (χ4v) is 3.19. The summed E-state index contributed by atoms with van der Waals surface area (Å²) < 4.78 is 10.6. The van der Waals surface area contributed by atoms with Gasteiger partial charge in [0.1, 0.15) is 11.5 Å². The van der Waals surface area contributed by atoms with Crippen molar-refractivity contribution in [2.45, 2.75) is 71.1 Å². The first-order valence-electron chi connectivity index (χ1n) is 11.2. The number of carbonyl (C=O) groups excluding carboxylic acids is 2. The van der Waals surface area contributed by atoms with Crippen LogP contribution in [0.3, 0.4) is 0 Å². The van der Waals surface area contributed by atoms with E-state index in [4.69, 9.17) is 14.7 Å². The summed E-state index contributed by atoms with van der Waals surface area (Å²) in [4.78, 5) is 24.2. The smallest absolute Gasteiger partial charge is 0.343 e. The Kier molecular flexibility index (Phi) is 10.9. The predicted molar refractivity (Wildman–Crippen MR) is 120 cm³/mol. The van der Waals surface area contributed by atoms with Crippen LogP contribution < -0.4 is 9.47 Å². The lowest BCUT2D eigenvalue weighted by atomic mass is 10.1. The first-order valence-corrected chi connectivity index (χ1v) is 11.2. The zero-order valence-corrected chi connectivity index (χ0v) is 18.3. The van der Waals surface area contributed by atoms with Gasteiger partial charge in [0.2, 0.25) is 0 Å². The molecule has 0 spiro atoms. The lowest BCUT2D eigenvalue weighted by Crippen LogP contribution is -2.10. The van der Waals surface area contributed by atoms with E-state index in [1.54, 1.807) is 48.5 Å². The molecule has 31 heavy (non-hydrogen) atoms. The zero-order valence-electron chi connectivity index (χ0n) is 18.3. The first kappa shape index (κ1) is 24.1. The SMILES string of the molecule is CCCCCCCCCCCC(=O)Oc1ccc(C(=O)Oc2ccc(C#N)cc2)cc1. The Hall–Kier alpha value is -3.13. The summed E-state index contributed by atoms with van der Waals surface area (Å²) in [5, 5.41) is 8.80. The van der Waals surface area contributed by atoms with Gasteiger partial charge in [-0.1, -0.05) is 58.3 Å². The molecule has 2 aromatic carbocycles. The molecule has 0 atom stereocenters. The topological polar surface area (TPSA) is 76.4 Å². The number of nitriles is 1. The number of benzene rings is 2. The van der Waals surface area contributed by atoms with Crippen LogP contribution in [0.25, 0.3) is 0 Å². The van der Waals surface area contributed by atoms with Crippen molar-refractivity contribution in [3.8, 4) is 17.6 Å². The van der Waals surface area contributed by atoms with Crippen LogP contribution in [0, 0.1) is 11.3 Å². The largest absolute Gasteiger partial charge is 0.427 e. The minimum Gasteiger partial charge on any atom is -0.427 e. The van der Waals surface area contributed by atoms with Crippen molar-refractivity contribution < 1.29 is 19.1 Å². The summed E-state index contributed by atoms with van der Waals surface area (Å²) in [5.74, 6) is 0.00411. The molecule has 0 aromatic heterocycles. The third kappa shape index (κ3) is 9.48. The summed E-state index contributed by atoms with van der Waals surface area (Å²) in [7, 11) is 0. The average molecular weight is 422 g/mol. The van der Waals surface area contributed by atoms with Gasteiger partial charge < -0.3 is 9.47 Å². The van der Waals surface area contributed by atoms with E-state index >= 15 is 0 Å². The van der Waals surface area contributed by atoms with E-state index in [0.717, 1.165) is 19.3 Å². The van der Waals surface area contributed by atoms with E-state index in [1.807, 2.05) is 6.07 Å². The first-order chi connectivity index (χ1) is 15.1. The molecule has 0 N–H and O–H groups in total. The number of unbranched alkanes of at least 4 members (excludes halogenated alkanes) is 8. The Balaban J connectivity index is 1.66. The molecule has 164 valence electrons. The summed E-state index contributed by atoms with van der Waals surface area (Å²) >= 11 is 0. The van der Waals surface area contributed by atoms with Crippen LogP contribution in [-0.4, -0.2) is 11.9 Å². The average Bonchev–Trinajstić information content (AvgIpc) is 2.79. The van der Waals surface area contributed by atoms with Crippen molar-refractivity contribution >= 4 is 11.9 Å². The highest BCUT2D eigenvalue weighted by molar-refractivity contribution is 5.91. The third-order valence-corrected chi connectivity index (χ3v) is 5.00. The highest BCUT2D eigenvalue weighted by atomic mass is 16.5. The fraction of sp³-hybridized carbons (Fsp3) is 0.423. The number of esters is 2. The lowest BCUT2D eigenvalue weighted by molar-refractivity contribution is -0.134. The van der Waals surface area contributed by atoms with Gasteiger partial charge in [0, 0.05) is 6.42 Å². The normalized spacial score (nSPS) is 10.3. The maximum Gasteiger partial charge on any atom is 0.343 e. The van der Waals surface area contributed by atoms with Crippen LogP contribution in [0.4, 0.5) is 0 Å². The molecule has 5 nitrogen and oxygen atoms in total. The molecule has 0 saturated heterocycles. The van der Waals surface area contributed by atoms with Crippen LogP contribution in [0.2, 0.25) is 0 Å². The maximum absolute atomic E-state index is 12.2. The number of carbonyl (C=O) groups is 2. The molecular weight excluding hydrogens is 390 g/mol. The highest BCUT2D eigenvalue weighted by Gasteiger charge is 2.10. The van der Waals surface area contributed by atoms with Gasteiger partial charge in [0.15, 0.2) is 0 Å². The van der Waals surface area contributed by atoms with E-state index in [0.29, 0.717) is 29.0 Å². The summed E-state index contributed by atoms with van der Waals surface area (Å²) in [5.41, 5.74) is 0.844. The molecule has 2 rings (SSSR count). The number of hydrogen-bond acceptors (Lipinski definition) is 5. The quantitative estimate of drug-likeness (QED) is 0.207. The van der Waals surface area contributed by atoms with Gasteiger partial charge in [0.25, 0.3) is 0 Å². The summed E-state index contributed by atoms with van der Waals surface area (Å²) in [6, 6.07) is 14.6. The van der Waals surface area contributed by atoms with Gasteiger partial charge >= 0.3 is 11.9 Å². The number of rotatable bonds is 13. The molecule has 0 saturated carbocycles. The molecule has 0 aliphatic carbocycles. The second-order valence-electron chi connectivity index (χ2n) is 7.60. The van der Waals surface area contributed by atoms with Crippen LogP contribution in [-0.2, 0) is 4.79 Å². The van der Waals surface area contributed by atoms with E-state index in [2.05, 4.69) is 6.92 Å². The minimum absolute atomic E-state index is 0.254. The molecule has 0 unspecified atom stereocenters. The Labute approximate surface area is 185 Å². The Morgan fingerprint density at radius 2 is 1.26 bits per heavy atom. The number of nitrogens with zero attached hydrogens (tertiary/aromatic N) is 1. The maximum atomic E-state index is 12.2. The van der Waals surface area contributed by atoms with Crippen LogP contribution >= 0.6 is 0 Å². The van der Waals surface area contributed by atoms with Gasteiger partial charge in [-0.15, -0.1) is 0 Å². The molecule has 0 aliphatic heterocycles. The second-order valence-corrected chi connectivity index (χ2v) is 7.60. The number of hydrogen-bond donors (Lipinski definition) is 0. The van der Waals surface area contributed by atoms with E-state index < -0.39 is 5.97 Å². The summed E-state index contributed by atoms with van der Waals surface area (Å²) in [6.07, 6.45) is 11.2. The van der Waals surface area contributed by atoms with Crippen molar-refractivity contribution in [3.05, 3.63) is 59.7 Å². The van der Waals surface area contributed by atoms with Gasteiger partial charge in [-0.25, -0.2) is 4.79 Å². The van der Waals surface area contributed by atoms with E-state index in [-0.39, 0.29) is 5.97 Å². The van der Waals surface area contributed by atoms with E-state index in [9.17, 15) is 9.59 Å². The van der Waals surface area contributed by atoms with Crippen molar-refractivity contribution in [1.29, 1.82) is 5.26 Å². The molecule has 0 heterocycles. The second kappa shape index (κ2) is 14.0. The predicted octanol–water partition coefficient (Wildman–Crippen LogP) is 6.60. The monoisotopic (exact) mass is 421 g/mol. The molecule has 0 bridgehead atoms. The van der Waals surface area contributed by atoms with E-state index in [1.165, 1.54) is 38.5 Å². The van der Waals surface area contributed by atoms with Gasteiger partial charge in [-0.05, 0) is 55.0 Å². The summed E-state index contributed by atoms with van der Waals surface area (Å²) in [6.45, 7) is 2.22. The fourth-order valence-electron chi connectivity index (χ4n) is 3.19. The Bertz CT molecular complexity index is 850. The van der Waals surface area contributed by atoms with Crippen molar-refractivity contribution in [2.75, 3.05) is 0 Å². The van der Waals surface area contributed by atoms with Gasteiger partial charge in [0.05, 0.1) is 17.2 Å². The lowest BCUT2D eigenvalue weighted by Gasteiger charge is -2.07. The number of ether oxygens (including phenoxy) is 2. The van der Waals surface area contributed by atoms with Crippen LogP contribution in [0.1, 0.15) is 87.1 Å². The van der Waals surface area contributed by atoms with Crippen molar-refractivity contribution in [1.82, 2.24) is 0 Å². The molecule has 5 heteroatoms. The van der Waals surface area contributed by atoms with Crippen LogP contribution in [0.15, 0.2) is 48.5 Å². The standard InChI is InChI=1S/C26H31NO4/c1-2-3-4-5-6-7-8-9-10-11-25(28)30-23-18-14-22(15-19-23)26(29)31-24-16-12-21(20-27)13-17-24/h12-19H,2-11H2,1H3. The van der Waals surface area contributed by atoms with Gasteiger partial charge in [-0.2, -0.15) is 5.26 Å². The molecule has 0 amide bonds. The molecule has 0 fully saturated rings. The molecule has 2 aromatic rings. The Morgan fingerprint density at radius 1 is 0.742 bits per heavy atom. The Morgan fingerprint density at radius 3 is 1.84 bits per heavy atom. The van der Waals surface area contributed by atoms with Crippen molar-refractivity contribution in [3.63, 3.8) is 0 Å². The minimum atomic E-state index is -0.516. The van der Waals surface area contributed by atoms with Crippen molar-refractivity contribution in [2.24, 2.45) is 0 Å². The molecule has 0 radical (unpaired) electrons. The highest BCUT2D eigenvalue weighted by Crippen LogP contribution is 2.17. The van der Waals surface area contributed by atoms with Crippen LogP contribution in [0.5, 0.6) is 11.5 Å². The molecule has 0 aliphatic rings.